The zero-order valence-electron chi connectivity index (χ0n) is 15.4. The van der Waals surface area contributed by atoms with E-state index in [2.05, 4.69) is 84.8 Å². The van der Waals surface area contributed by atoms with Crippen LogP contribution in [-0.4, -0.2) is 9.97 Å². The molecular weight excluding hydrogens is 338 g/mol. The Morgan fingerprint density at radius 2 is 1.69 bits per heavy atom. The predicted molar refractivity (Wildman–Crippen MR) is 112 cm³/mol. The van der Waals surface area contributed by atoms with Crippen molar-refractivity contribution in [2.75, 3.05) is 5.32 Å². The van der Waals surface area contributed by atoms with Gasteiger partial charge in [0.25, 0.3) is 0 Å². The molecule has 3 nitrogen and oxygen atoms in total. The lowest BCUT2D eigenvalue weighted by Gasteiger charge is -2.12. The van der Waals surface area contributed by atoms with Crippen LogP contribution in [0.1, 0.15) is 22.3 Å². The van der Waals surface area contributed by atoms with Gasteiger partial charge in [0, 0.05) is 16.6 Å². The molecular formula is C22H21N3S. The van der Waals surface area contributed by atoms with Gasteiger partial charge < -0.3 is 5.32 Å². The highest BCUT2D eigenvalue weighted by molar-refractivity contribution is 7.17. The molecule has 26 heavy (non-hydrogen) atoms. The van der Waals surface area contributed by atoms with Crippen LogP contribution in [-0.2, 0) is 0 Å². The van der Waals surface area contributed by atoms with Gasteiger partial charge in [0.15, 0.2) is 0 Å². The van der Waals surface area contributed by atoms with Crippen molar-refractivity contribution in [3.63, 3.8) is 0 Å². The van der Waals surface area contributed by atoms with Crippen LogP contribution in [0.4, 0.5) is 11.5 Å². The number of anilines is 2. The lowest BCUT2D eigenvalue weighted by molar-refractivity contribution is 1.22. The highest BCUT2D eigenvalue weighted by Crippen LogP contribution is 2.38. The molecule has 0 aliphatic rings. The van der Waals surface area contributed by atoms with Crippen molar-refractivity contribution in [2.24, 2.45) is 0 Å². The number of fused-ring (bicyclic) bond motifs is 1. The van der Waals surface area contributed by atoms with Crippen molar-refractivity contribution in [1.82, 2.24) is 9.97 Å². The van der Waals surface area contributed by atoms with Gasteiger partial charge in [0.1, 0.15) is 17.0 Å². The molecule has 4 rings (SSSR count). The summed E-state index contributed by atoms with van der Waals surface area (Å²) in [6, 6.07) is 13.0. The Hall–Kier alpha value is -2.72. The van der Waals surface area contributed by atoms with E-state index >= 15 is 0 Å². The van der Waals surface area contributed by atoms with E-state index in [1.807, 2.05) is 0 Å². The quantitative estimate of drug-likeness (QED) is 0.464. The maximum Gasteiger partial charge on any atom is 0.143 e. The Labute approximate surface area is 157 Å². The Morgan fingerprint density at radius 3 is 2.46 bits per heavy atom. The van der Waals surface area contributed by atoms with Crippen LogP contribution in [0, 0.1) is 27.7 Å². The third-order valence-corrected chi connectivity index (χ3v) is 5.71. The number of thiophene rings is 1. The maximum atomic E-state index is 4.55. The zero-order chi connectivity index (χ0) is 18.3. The van der Waals surface area contributed by atoms with Gasteiger partial charge in [-0.15, -0.1) is 11.3 Å². The lowest BCUT2D eigenvalue weighted by atomic mass is 10.0. The fraction of sp³-hybridized carbons (Fsp3) is 0.182. The second kappa shape index (κ2) is 6.54. The monoisotopic (exact) mass is 359 g/mol. The molecule has 0 bridgehead atoms. The zero-order valence-corrected chi connectivity index (χ0v) is 16.2. The third-order valence-electron chi connectivity index (χ3n) is 4.82. The Balaban J connectivity index is 1.85. The van der Waals surface area contributed by atoms with Gasteiger partial charge in [-0.1, -0.05) is 35.9 Å². The number of aryl methyl sites for hydroxylation is 4. The highest BCUT2D eigenvalue weighted by Gasteiger charge is 2.14. The Morgan fingerprint density at radius 1 is 0.846 bits per heavy atom. The van der Waals surface area contributed by atoms with Crippen molar-refractivity contribution in [2.45, 2.75) is 27.7 Å². The van der Waals surface area contributed by atoms with Gasteiger partial charge in [-0.25, -0.2) is 9.97 Å². The first-order valence-electron chi connectivity index (χ1n) is 8.67. The second-order valence-corrected chi connectivity index (χ2v) is 7.65. The molecule has 4 heteroatoms. The van der Waals surface area contributed by atoms with Crippen molar-refractivity contribution < 1.29 is 0 Å². The van der Waals surface area contributed by atoms with E-state index in [9.17, 15) is 0 Å². The molecule has 0 fully saturated rings. The van der Waals surface area contributed by atoms with Gasteiger partial charge in [-0.05, 0) is 56.0 Å². The maximum absolute atomic E-state index is 4.55. The first-order chi connectivity index (χ1) is 12.5. The average molecular weight is 359 g/mol. The molecule has 1 N–H and O–H groups in total. The molecule has 0 unspecified atom stereocenters. The van der Waals surface area contributed by atoms with Crippen molar-refractivity contribution >= 4 is 33.1 Å². The van der Waals surface area contributed by atoms with E-state index in [0.717, 1.165) is 21.7 Å². The molecule has 130 valence electrons. The SMILES string of the molecule is Cc1ccc(Nc2ncnc3scc(-c4ccc(C)c(C)c4)c23)c(C)c1. The predicted octanol–water partition coefficient (Wildman–Crippen LogP) is 6.34. The smallest absolute Gasteiger partial charge is 0.143 e. The van der Waals surface area contributed by atoms with Crippen LogP contribution in [0.2, 0.25) is 0 Å². The number of rotatable bonds is 3. The molecule has 0 saturated heterocycles. The van der Waals surface area contributed by atoms with Crippen LogP contribution in [0.5, 0.6) is 0 Å². The van der Waals surface area contributed by atoms with Gasteiger partial charge in [0.05, 0.1) is 5.39 Å². The van der Waals surface area contributed by atoms with E-state index in [-0.39, 0.29) is 0 Å². The normalized spacial score (nSPS) is 11.1. The molecule has 0 radical (unpaired) electrons. The number of aromatic nitrogens is 2. The summed E-state index contributed by atoms with van der Waals surface area (Å²) in [6.45, 7) is 8.52. The van der Waals surface area contributed by atoms with Crippen LogP contribution in [0.15, 0.2) is 48.1 Å². The fourth-order valence-corrected chi connectivity index (χ4v) is 4.09. The number of hydrogen-bond acceptors (Lipinski definition) is 4. The molecule has 2 heterocycles. The van der Waals surface area contributed by atoms with Gasteiger partial charge in [0.2, 0.25) is 0 Å². The minimum absolute atomic E-state index is 0.858. The summed E-state index contributed by atoms with van der Waals surface area (Å²) >= 11 is 1.66. The number of nitrogens with one attached hydrogen (secondary N) is 1. The summed E-state index contributed by atoms with van der Waals surface area (Å²) in [5, 5.41) is 6.78. The standard InChI is InChI=1S/C22H21N3S/c1-13-5-8-19(16(4)9-13)25-21-20-18(11-26-22(20)24-12-23-21)17-7-6-14(2)15(3)10-17/h5-12H,1-4H3,(H,23,24,25). The summed E-state index contributed by atoms with van der Waals surface area (Å²) < 4.78 is 0. The molecule has 0 saturated carbocycles. The van der Waals surface area contributed by atoms with E-state index in [1.54, 1.807) is 17.7 Å². The van der Waals surface area contributed by atoms with E-state index < -0.39 is 0 Å². The van der Waals surface area contributed by atoms with Crippen LogP contribution < -0.4 is 5.32 Å². The first-order valence-corrected chi connectivity index (χ1v) is 9.55. The highest BCUT2D eigenvalue weighted by atomic mass is 32.1. The number of benzene rings is 2. The minimum Gasteiger partial charge on any atom is -0.339 e. The summed E-state index contributed by atoms with van der Waals surface area (Å²) in [5.41, 5.74) is 8.53. The topological polar surface area (TPSA) is 37.8 Å². The Kier molecular flexibility index (Phi) is 4.21. The lowest BCUT2D eigenvalue weighted by Crippen LogP contribution is -1.97. The van der Waals surface area contributed by atoms with E-state index in [1.165, 1.54) is 33.4 Å². The van der Waals surface area contributed by atoms with E-state index in [0.29, 0.717) is 0 Å². The number of nitrogens with zero attached hydrogens (tertiary/aromatic N) is 2. The van der Waals surface area contributed by atoms with Crippen molar-refractivity contribution in [1.29, 1.82) is 0 Å². The summed E-state index contributed by atoms with van der Waals surface area (Å²) in [6.07, 6.45) is 1.63. The van der Waals surface area contributed by atoms with Gasteiger partial charge >= 0.3 is 0 Å². The largest absolute Gasteiger partial charge is 0.339 e. The molecule has 0 spiro atoms. The molecule has 0 amide bonds. The molecule has 0 aliphatic heterocycles. The molecule has 2 aromatic heterocycles. The van der Waals surface area contributed by atoms with Crippen LogP contribution in [0.3, 0.4) is 0 Å². The third kappa shape index (κ3) is 2.97. The van der Waals surface area contributed by atoms with E-state index in [4.69, 9.17) is 0 Å². The second-order valence-electron chi connectivity index (χ2n) is 6.79. The minimum atomic E-state index is 0.858. The summed E-state index contributed by atoms with van der Waals surface area (Å²) in [7, 11) is 0. The summed E-state index contributed by atoms with van der Waals surface area (Å²) in [5.74, 6) is 0.858. The molecule has 4 aromatic rings. The first kappa shape index (κ1) is 16.7. The summed E-state index contributed by atoms with van der Waals surface area (Å²) in [4.78, 5) is 10.0. The van der Waals surface area contributed by atoms with Crippen LogP contribution in [0.25, 0.3) is 21.3 Å². The van der Waals surface area contributed by atoms with Crippen LogP contribution >= 0.6 is 11.3 Å². The average Bonchev–Trinajstić information content (AvgIpc) is 3.05. The molecule has 0 aliphatic carbocycles. The van der Waals surface area contributed by atoms with Gasteiger partial charge in [-0.3, -0.25) is 0 Å². The number of hydrogen-bond donors (Lipinski definition) is 1. The Bertz CT molecular complexity index is 1110. The van der Waals surface area contributed by atoms with Crippen molar-refractivity contribution in [3.8, 4) is 11.1 Å². The fourth-order valence-electron chi connectivity index (χ4n) is 3.17. The van der Waals surface area contributed by atoms with Crippen molar-refractivity contribution in [3.05, 3.63) is 70.4 Å². The molecule has 2 aromatic carbocycles. The van der Waals surface area contributed by atoms with Gasteiger partial charge in [-0.2, -0.15) is 0 Å². The molecule has 0 atom stereocenters.